The quantitative estimate of drug-likeness (QED) is 0.672. The molecule has 4 rings (SSSR count). The first-order valence-electron chi connectivity index (χ1n) is 8.29. The molecule has 0 radical (unpaired) electrons. The molecule has 2 heterocycles. The van der Waals surface area contributed by atoms with E-state index in [0.29, 0.717) is 17.4 Å². The number of nitrogens with zero attached hydrogens (tertiary/aromatic N) is 3. The number of aromatic nitrogens is 2. The van der Waals surface area contributed by atoms with E-state index >= 15 is 0 Å². The van der Waals surface area contributed by atoms with Crippen LogP contribution in [0.4, 0.5) is 19.0 Å². The standard InChI is InChI=1S/C19H16F3N3O/c20-19(21,22)14-7-8-15(23-10-14)11-25(26)18-17(12-5-6-12)16-4-2-1-3-13(16)9-24-18/h1-4,7-10,12,26H,5-6,11H2. The number of alkyl halides is 3. The van der Waals surface area contributed by atoms with Gasteiger partial charge in [0.2, 0.25) is 0 Å². The fraction of sp³-hybridized carbons (Fsp3) is 0.263. The lowest BCUT2D eigenvalue weighted by Crippen LogP contribution is -2.21. The molecule has 7 heteroatoms. The van der Waals surface area contributed by atoms with Crippen LogP contribution in [0.25, 0.3) is 10.8 Å². The maximum atomic E-state index is 12.6. The molecule has 0 saturated heterocycles. The van der Waals surface area contributed by atoms with Crippen LogP contribution in [0.2, 0.25) is 0 Å². The minimum atomic E-state index is -4.43. The summed E-state index contributed by atoms with van der Waals surface area (Å²) in [7, 11) is 0. The van der Waals surface area contributed by atoms with Crippen molar-refractivity contribution < 1.29 is 18.4 Å². The largest absolute Gasteiger partial charge is 0.417 e. The summed E-state index contributed by atoms with van der Waals surface area (Å²) < 4.78 is 37.9. The van der Waals surface area contributed by atoms with Gasteiger partial charge >= 0.3 is 6.18 Å². The highest BCUT2D eigenvalue weighted by atomic mass is 19.4. The van der Waals surface area contributed by atoms with E-state index in [1.54, 1.807) is 6.20 Å². The van der Waals surface area contributed by atoms with Crippen LogP contribution in [-0.2, 0) is 12.7 Å². The maximum absolute atomic E-state index is 12.6. The lowest BCUT2D eigenvalue weighted by molar-refractivity contribution is -0.137. The molecule has 134 valence electrons. The van der Waals surface area contributed by atoms with Gasteiger partial charge in [0.05, 0.1) is 17.8 Å². The van der Waals surface area contributed by atoms with Gasteiger partial charge in [-0.25, -0.2) is 10.0 Å². The van der Waals surface area contributed by atoms with Crippen LogP contribution in [0.3, 0.4) is 0 Å². The van der Waals surface area contributed by atoms with E-state index < -0.39 is 11.7 Å². The summed E-state index contributed by atoms with van der Waals surface area (Å²) in [5, 5.41) is 13.5. The second-order valence-electron chi connectivity index (χ2n) is 6.45. The number of rotatable bonds is 4. The number of halogens is 3. The highest BCUT2D eigenvalue weighted by Crippen LogP contribution is 2.46. The molecule has 1 N–H and O–H groups in total. The molecule has 0 unspecified atom stereocenters. The zero-order chi connectivity index (χ0) is 18.3. The third kappa shape index (κ3) is 3.22. The third-order valence-corrected chi connectivity index (χ3v) is 4.51. The Bertz CT molecular complexity index is 937. The minimum absolute atomic E-state index is 0.0385. The lowest BCUT2D eigenvalue weighted by Gasteiger charge is -2.20. The molecule has 1 aliphatic rings. The molecule has 3 aromatic rings. The average molecular weight is 359 g/mol. The van der Waals surface area contributed by atoms with E-state index in [4.69, 9.17) is 0 Å². The predicted octanol–water partition coefficient (Wildman–Crippen LogP) is 4.92. The van der Waals surface area contributed by atoms with Crippen LogP contribution in [-0.4, -0.2) is 15.2 Å². The van der Waals surface area contributed by atoms with Gasteiger partial charge < -0.3 is 0 Å². The van der Waals surface area contributed by atoms with Crippen LogP contribution in [0.1, 0.15) is 35.6 Å². The Morgan fingerprint density at radius 3 is 2.46 bits per heavy atom. The van der Waals surface area contributed by atoms with Crippen molar-refractivity contribution in [3.63, 3.8) is 0 Å². The predicted molar refractivity (Wildman–Crippen MR) is 90.9 cm³/mol. The van der Waals surface area contributed by atoms with Crippen LogP contribution in [0.5, 0.6) is 0 Å². The van der Waals surface area contributed by atoms with Crippen LogP contribution in [0, 0.1) is 0 Å². The third-order valence-electron chi connectivity index (χ3n) is 4.51. The van der Waals surface area contributed by atoms with Crippen molar-refractivity contribution in [1.82, 2.24) is 9.97 Å². The van der Waals surface area contributed by atoms with Crippen molar-refractivity contribution in [2.75, 3.05) is 5.06 Å². The Hall–Kier alpha value is -2.67. The molecule has 1 fully saturated rings. The molecule has 1 saturated carbocycles. The second-order valence-corrected chi connectivity index (χ2v) is 6.45. The van der Waals surface area contributed by atoms with Crippen LogP contribution < -0.4 is 5.06 Å². The molecular weight excluding hydrogens is 343 g/mol. The van der Waals surface area contributed by atoms with Crippen molar-refractivity contribution in [2.45, 2.75) is 31.5 Å². The van der Waals surface area contributed by atoms with E-state index in [1.165, 1.54) is 6.07 Å². The van der Waals surface area contributed by atoms with E-state index in [9.17, 15) is 18.4 Å². The van der Waals surface area contributed by atoms with Crippen molar-refractivity contribution in [3.8, 4) is 0 Å². The zero-order valence-electron chi connectivity index (χ0n) is 13.7. The summed E-state index contributed by atoms with van der Waals surface area (Å²) >= 11 is 0. The SMILES string of the molecule is ON(Cc1ccc(C(F)(F)F)cn1)c1ncc2ccccc2c1C1CC1. The number of hydrogen-bond donors (Lipinski definition) is 1. The number of hydroxylamine groups is 1. The van der Waals surface area contributed by atoms with Crippen molar-refractivity contribution in [3.05, 3.63) is 65.6 Å². The molecule has 1 aliphatic carbocycles. The molecule has 2 aromatic heterocycles. The van der Waals surface area contributed by atoms with Gasteiger partial charge in [-0.3, -0.25) is 10.2 Å². The van der Waals surface area contributed by atoms with E-state index in [2.05, 4.69) is 9.97 Å². The summed E-state index contributed by atoms with van der Waals surface area (Å²) in [6.07, 6.45) is 0.117. The Balaban J connectivity index is 1.64. The molecular formula is C19H16F3N3O. The first kappa shape index (κ1) is 16.8. The van der Waals surface area contributed by atoms with Gasteiger partial charge in [-0.05, 0) is 36.3 Å². The fourth-order valence-electron chi connectivity index (χ4n) is 3.07. The molecule has 4 nitrogen and oxygen atoms in total. The van der Waals surface area contributed by atoms with Gasteiger partial charge in [0.1, 0.15) is 0 Å². The summed E-state index contributed by atoms with van der Waals surface area (Å²) in [4.78, 5) is 8.20. The number of hydrogen-bond acceptors (Lipinski definition) is 4. The Morgan fingerprint density at radius 1 is 1.04 bits per heavy atom. The first-order valence-corrected chi connectivity index (χ1v) is 8.29. The molecule has 26 heavy (non-hydrogen) atoms. The Labute approximate surface area is 147 Å². The second kappa shape index (κ2) is 6.25. The maximum Gasteiger partial charge on any atom is 0.417 e. The number of benzene rings is 1. The van der Waals surface area contributed by atoms with Gasteiger partial charge in [-0.15, -0.1) is 0 Å². The van der Waals surface area contributed by atoms with Crippen molar-refractivity contribution >= 4 is 16.6 Å². The lowest BCUT2D eigenvalue weighted by atomic mass is 10.0. The Morgan fingerprint density at radius 2 is 1.81 bits per heavy atom. The van der Waals surface area contributed by atoms with Gasteiger partial charge in [0.25, 0.3) is 0 Å². The van der Waals surface area contributed by atoms with Crippen molar-refractivity contribution in [2.24, 2.45) is 0 Å². The van der Waals surface area contributed by atoms with E-state index in [1.807, 2.05) is 24.3 Å². The molecule has 0 aliphatic heterocycles. The number of fused-ring (bicyclic) bond motifs is 1. The molecule has 1 aromatic carbocycles. The molecule has 0 amide bonds. The minimum Gasteiger partial charge on any atom is -0.287 e. The topological polar surface area (TPSA) is 49.2 Å². The molecule has 0 atom stereocenters. The normalized spacial score (nSPS) is 14.6. The summed E-state index contributed by atoms with van der Waals surface area (Å²) in [6.45, 7) is -0.0385. The van der Waals surface area contributed by atoms with E-state index in [0.717, 1.165) is 46.5 Å². The summed E-state index contributed by atoms with van der Waals surface area (Å²) in [6, 6.07) is 10.1. The Kier molecular flexibility index (Phi) is 4.03. The van der Waals surface area contributed by atoms with Crippen molar-refractivity contribution in [1.29, 1.82) is 0 Å². The highest BCUT2D eigenvalue weighted by Gasteiger charge is 2.32. The smallest absolute Gasteiger partial charge is 0.287 e. The number of pyridine rings is 2. The first-order chi connectivity index (χ1) is 12.4. The fourth-order valence-corrected chi connectivity index (χ4v) is 3.07. The summed E-state index contributed by atoms with van der Waals surface area (Å²) in [5.74, 6) is 0.784. The zero-order valence-corrected chi connectivity index (χ0v) is 13.7. The van der Waals surface area contributed by atoms with Gasteiger partial charge in [-0.2, -0.15) is 13.2 Å². The molecule has 0 spiro atoms. The van der Waals surface area contributed by atoms with Crippen LogP contribution in [0.15, 0.2) is 48.8 Å². The van der Waals surface area contributed by atoms with Gasteiger partial charge in [0, 0.05) is 23.3 Å². The van der Waals surface area contributed by atoms with E-state index in [-0.39, 0.29) is 6.54 Å². The summed E-state index contributed by atoms with van der Waals surface area (Å²) in [5.41, 5.74) is 0.503. The molecule has 0 bridgehead atoms. The monoisotopic (exact) mass is 359 g/mol. The highest BCUT2D eigenvalue weighted by molar-refractivity contribution is 5.89. The average Bonchev–Trinajstić information content (AvgIpc) is 3.45. The number of anilines is 1. The van der Waals surface area contributed by atoms with Crippen LogP contribution >= 0.6 is 0 Å². The van der Waals surface area contributed by atoms with Gasteiger partial charge in [-0.1, -0.05) is 24.3 Å². The van der Waals surface area contributed by atoms with Gasteiger partial charge in [0.15, 0.2) is 5.82 Å².